The van der Waals surface area contributed by atoms with Gasteiger partial charge in [0, 0.05) is 12.1 Å². The summed E-state index contributed by atoms with van der Waals surface area (Å²) in [6.07, 6.45) is 1.82. The van der Waals surface area contributed by atoms with Gasteiger partial charge in [0.05, 0.1) is 22.2 Å². The third-order valence-corrected chi connectivity index (χ3v) is 5.71. The van der Waals surface area contributed by atoms with E-state index in [1.807, 2.05) is 39.8 Å². The highest BCUT2D eigenvalue weighted by atomic mass is 127. The maximum absolute atomic E-state index is 12.9. The number of benzene rings is 1. The Labute approximate surface area is 195 Å². The highest BCUT2D eigenvalue weighted by molar-refractivity contribution is 14.1. The van der Waals surface area contributed by atoms with Gasteiger partial charge in [0.15, 0.2) is 23.3 Å². The Kier molecular flexibility index (Phi) is 9.02. The van der Waals surface area contributed by atoms with Crippen LogP contribution in [0.5, 0.6) is 11.5 Å². The smallest absolute Gasteiger partial charge is 0.344 e. The molecule has 0 aromatic heterocycles. The van der Waals surface area contributed by atoms with Gasteiger partial charge in [-0.2, -0.15) is 0 Å². The lowest BCUT2D eigenvalue weighted by molar-refractivity contribution is -0.145. The molecule has 1 amide bonds. The summed E-state index contributed by atoms with van der Waals surface area (Å²) in [5, 5.41) is 0.715. The summed E-state index contributed by atoms with van der Waals surface area (Å²) in [4.78, 5) is 31.4. The van der Waals surface area contributed by atoms with Crippen LogP contribution < -0.4 is 9.47 Å². The lowest BCUT2D eigenvalue weighted by atomic mass is 10.1. The van der Waals surface area contributed by atoms with Gasteiger partial charge in [0.25, 0.3) is 5.91 Å². The third kappa shape index (κ3) is 6.13. The Morgan fingerprint density at radius 1 is 1.30 bits per heavy atom. The molecular weight excluding hydrogens is 519 g/mol. The van der Waals surface area contributed by atoms with E-state index in [4.69, 9.17) is 14.2 Å². The number of esters is 1. The van der Waals surface area contributed by atoms with Gasteiger partial charge in [0.1, 0.15) is 0 Å². The van der Waals surface area contributed by atoms with E-state index in [9.17, 15) is 9.59 Å². The molecular formula is C21H27IN2O5S. The molecule has 0 spiro atoms. The van der Waals surface area contributed by atoms with E-state index in [2.05, 4.69) is 27.6 Å². The Morgan fingerprint density at radius 3 is 2.57 bits per heavy atom. The van der Waals surface area contributed by atoms with Crippen molar-refractivity contribution in [2.75, 3.05) is 20.3 Å². The van der Waals surface area contributed by atoms with E-state index in [1.165, 1.54) is 18.9 Å². The number of halogens is 1. The van der Waals surface area contributed by atoms with Crippen molar-refractivity contribution in [3.63, 3.8) is 0 Å². The average Bonchev–Trinajstić information content (AvgIpc) is 2.94. The van der Waals surface area contributed by atoms with E-state index in [1.54, 1.807) is 17.9 Å². The van der Waals surface area contributed by atoms with Crippen LogP contribution in [0.4, 0.5) is 0 Å². The molecule has 0 aliphatic carbocycles. The molecule has 30 heavy (non-hydrogen) atoms. The van der Waals surface area contributed by atoms with Gasteiger partial charge in [-0.05, 0) is 92.7 Å². The zero-order valence-corrected chi connectivity index (χ0v) is 21.0. The predicted molar refractivity (Wildman–Crippen MR) is 128 cm³/mol. The van der Waals surface area contributed by atoms with Crippen LogP contribution in [-0.2, 0) is 14.3 Å². The van der Waals surface area contributed by atoms with Gasteiger partial charge in [0.2, 0.25) is 0 Å². The maximum atomic E-state index is 12.9. The number of ether oxygens (including phenoxy) is 3. The second-order valence-electron chi connectivity index (χ2n) is 7.01. The van der Waals surface area contributed by atoms with Crippen molar-refractivity contribution in [3.8, 4) is 11.5 Å². The lowest BCUT2D eigenvalue weighted by Gasteiger charge is -2.20. The standard InChI is InChI=1S/C21H27IN2O5S/c1-7-28-18(25)11-29-19-15(22)8-14(9-16(19)27-6)10-17-20(26)24(13(4)5)21(30-17)23-12(2)3/h8-10,12-13H,7,11H2,1-6H3/b17-10+,23-21?. The van der Waals surface area contributed by atoms with Crippen LogP contribution in [-0.4, -0.2) is 54.4 Å². The molecule has 1 aromatic rings. The molecule has 1 saturated heterocycles. The highest BCUT2D eigenvalue weighted by Crippen LogP contribution is 2.38. The first-order valence-corrected chi connectivity index (χ1v) is 11.5. The third-order valence-electron chi connectivity index (χ3n) is 3.91. The van der Waals surface area contributed by atoms with Crippen LogP contribution in [0.25, 0.3) is 6.08 Å². The summed E-state index contributed by atoms with van der Waals surface area (Å²) in [6.45, 7) is 9.75. The van der Waals surface area contributed by atoms with Gasteiger partial charge in [-0.3, -0.25) is 14.7 Å². The molecule has 1 aliphatic rings. The fourth-order valence-electron chi connectivity index (χ4n) is 2.70. The minimum atomic E-state index is -0.444. The molecule has 2 rings (SSSR count). The topological polar surface area (TPSA) is 77.4 Å². The van der Waals surface area contributed by atoms with Gasteiger partial charge >= 0.3 is 5.97 Å². The number of hydrogen-bond acceptors (Lipinski definition) is 7. The Balaban J connectivity index is 2.33. The normalized spacial score (nSPS) is 16.8. The SMILES string of the molecule is CCOC(=O)COc1c(I)cc(/C=C2/SC(=NC(C)C)N(C(C)C)C2=O)cc1OC. The molecule has 1 aromatic carbocycles. The number of rotatable bonds is 8. The summed E-state index contributed by atoms with van der Waals surface area (Å²) in [7, 11) is 1.53. The number of amides is 1. The molecule has 0 unspecified atom stereocenters. The molecule has 7 nitrogen and oxygen atoms in total. The zero-order chi connectivity index (χ0) is 22.4. The largest absolute Gasteiger partial charge is 0.493 e. The second kappa shape index (κ2) is 11.0. The van der Waals surface area contributed by atoms with Gasteiger partial charge in [-0.1, -0.05) is 0 Å². The van der Waals surface area contributed by atoms with Crippen molar-refractivity contribution < 1.29 is 23.8 Å². The van der Waals surface area contributed by atoms with Gasteiger partial charge in [-0.25, -0.2) is 4.79 Å². The molecule has 0 radical (unpaired) electrons. The minimum Gasteiger partial charge on any atom is -0.493 e. The summed E-state index contributed by atoms with van der Waals surface area (Å²) < 4.78 is 16.7. The van der Waals surface area contributed by atoms with Gasteiger partial charge in [-0.15, -0.1) is 0 Å². The van der Waals surface area contributed by atoms with E-state index < -0.39 is 5.97 Å². The number of aliphatic imine (C=N–C) groups is 1. The number of thioether (sulfide) groups is 1. The van der Waals surface area contributed by atoms with Gasteiger partial charge < -0.3 is 14.2 Å². The fourth-order valence-corrected chi connectivity index (χ4v) is 4.72. The van der Waals surface area contributed by atoms with Crippen LogP contribution >= 0.6 is 34.4 Å². The molecule has 0 saturated carbocycles. The molecule has 1 heterocycles. The van der Waals surface area contributed by atoms with Crippen LogP contribution in [0.3, 0.4) is 0 Å². The number of carbonyl (C=O) groups excluding carboxylic acids is 2. The molecule has 164 valence electrons. The number of amidine groups is 1. The molecule has 1 aliphatic heterocycles. The van der Waals surface area contributed by atoms with Crippen molar-refractivity contribution in [1.82, 2.24) is 4.90 Å². The van der Waals surface area contributed by atoms with Crippen molar-refractivity contribution >= 4 is 57.5 Å². The first-order chi connectivity index (χ1) is 14.2. The van der Waals surface area contributed by atoms with Crippen molar-refractivity contribution in [2.24, 2.45) is 4.99 Å². The van der Waals surface area contributed by atoms with Crippen molar-refractivity contribution in [1.29, 1.82) is 0 Å². The molecule has 1 fully saturated rings. The number of nitrogens with zero attached hydrogens (tertiary/aromatic N) is 2. The monoisotopic (exact) mass is 546 g/mol. The molecule has 9 heteroatoms. The Morgan fingerprint density at radius 2 is 2.00 bits per heavy atom. The van der Waals surface area contributed by atoms with Crippen molar-refractivity contribution in [2.45, 2.75) is 46.7 Å². The first-order valence-electron chi connectivity index (χ1n) is 9.64. The van der Waals surface area contributed by atoms with E-state index in [-0.39, 0.29) is 24.6 Å². The quantitative estimate of drug-likeness (QED) is 0.275. The average molecular weight is 546 g/mol. The van der Waals surface area contributed by atoms with Crippen LogP contribution in [0.1, 0.15) is 40.2 Å². The van der Waals surface area contributed by atoms with Crippen LogP contribution in [0.2, 0.25) is 0 Å². The lowest BCUT2D eigenvalue weighted by Crippen LogP contribution is -2.35. The molecule has 0 atom stereocenters. The maximum Gasteiger partial charge on any atom is 0.344 e. The van der Waals surface area contributed by atoms with E-state index in [0.717, 1.165) is 9.13 Å². The number of carbonyl (C=O) groups is 2. The first kappa shape index (κ1) is 24.5. The summed E-state index contributed by atoms with van der Waals surface area (Å²) >= 11 is 3.49. The Bertz CT molecular complexity index is 867. The second-order valence-corrected chi connectivity index (χ2v) is 9.18. The summed E-state index contributed by atoms with van der Waals surface area (Å²) in [5.74, 6) is 0.432. The number of hydrogen-bond donors (Lipinski definition) is 0. The predicted octanol–water partition coefficient (Wildman–Crippen LogP) is 4.33. The van der Waals surface area contributed by atoms with Crippen LogP contribution in [0.15, 0.2) is 22.0 Å². The number of methoxy groups -OCH3 is 1. The van der Waals surface area contributed by atoms with E-state index >= 15 is 0 Å². The fraction of sp³-hybridized carbons (Fsp3) is 0.476. The summed E-state index contributed by atoms with van der Waals surface area (Å²) in [5.41, 5.74) is 0.796. The molecule has 0 bridgehead atoms. The highest BCUT2D eigenvalue weighted by Gasteiger charge is 2.35. The summed E-state index contributed by atoms with van der Waals surface area (Å²) in [6, 6.07) is 3.77. The molecule has 0 N–H and O–H groups in total. The van der Waals surface area contributed by atoms with E-state index in [0.29, 0.717) is 28.2 Å². The van der Waals surface area contributed by atoms with Crippen molar-refractivity contribution in [3.05, 3.63) is 26.2 Å². The zero-order valence-electron chi connectivity index (χ0n) is 18.0. The minimum absolute atomic E-state index is 0.0155. The Hall–Kier alpha value is -1.75. The van der Waals surface area contributed by atoms with Crippen LogP contribution in [0, 0.1) is 3.57 Å².